The number of halogens is 1. The molecule has 0 atom stereocenters. The Morgan fingerprint density at radius 2 is 1.71 bits per heavy atom. The fourth-order valence-electron chi connectivity index (χ4n) is 3.21. The van der Waals surface area contributed by atoms with Gasteiger partial charge in [-0.2, -0.15) is 0 Å². The number of carbonyl (C=O) groups excluding carboxylic acids is 3. The molecule has 0 saturated carbocycles. The highest BCUT2D eigenvalue weighted by molar-refractivity contribution is 8.18. The molecule has 3 aromatic carbocycles. The molecule has 1 saturated heterocycles. The summed E-state index contributed by atoms with van der Waals surface area (Å²) in [6.45, 7) is -0.230. The summed E-state index contributed by atoms with van der Waals surface area (Å²) in [6.07, 6.45) is 1.45. The standard InChI is InChI=1S/C24H15ClN2O6S/c25-18-11-9-15(10-12-18)23(29)33-20-8-4-2-5-16(20)13-21-22(28)26(24(30)34-21)14-17-6-1-3-7-19(17)27(31)32/h1-13H,14H2/b21-13-. The van der Waals surface area contributed by atoms with E-state index in [-0.39, 0.29) is 28.5 Å². The number of para-hydroxylation sites is 2. The van der Waals surface area contributed by atoms with Crippen molar-refractivity contribution >= 4 is 52.2 Å². The third-order valence-corrected chi connectivity index (χ3v) is 6.04. The molecule has 0 spiro atoms. The van der Waals surface area contributed by atoms with Crippen molar-refractivity contribution in [3.8, 4) is 5.75 Å². The number of carbonyl (C=O) groups is 3. The number of nitro benzene ring substituents is 1. The van der Waals surface area contributed by atoms with Crippen molar-refractivity contribution in [1.29, 1.82) is 0 Å². The summed E-state index contributed by atoms with van der Waals surface area (Å²) in [5, 5.41) is 11.2. The third kappa shape index (κ3) is 5.00. The highest BCUT2D eigenvalue weighted by atomic mass is 35.5. The Morgan fingerprint density at radius 1 is 1.03 bits per heavy atom. The molecular formula is C24H15ClN2O6S. The second kappa shape index (κ2) is 9.90. The molecule has 0 bridgehead atoms. The van der Waals surface area contributed by atoms with Gasteiger partial charge >= 0.3 is 5.97 Å². The van der Waals surface area contributed by atoms with Crippen molar-refractivity contribution in [3.05, 3.63) is 110 Å². The molecule has 34 heavy (non-hydrogen) atoms. The van der Waals surface area contributed by atoms with Crippen molar-refractivity contribution < 1.29 is 24.0 Å². The summed E-state index contributed by atoms with van der Waals surface area (Å²) >= 11 is 6.56. The Balaban J connectivity index is 1.57. The second-order valence-electron chi connectivity index (χ2n) is 7.09. The lowest BCUT2D eigenvalue weighted by Crippen LogP contribution is -2.27. The van der Waals surface area contributed by atoms with E-state index in [1.54, 1.807) is 42.5 Å². The van der Waals surface area contributed by atoms with Gasteiger partial charge in [-0.05, 0) is 48.2 Å². The van der Waals surface area contributed by atoms with Crippen LogP contribution in [0.4, 0.5) is 10.5 Å². The fraction of sp³-hybridized carbons (Fsp3) is 0.0417. The number of hydrogen-bond donors (Lipinski definition) is 0. The highest BCUT2D eigenvalue weighted by Gasteiger charge is 2.36. The fourth-order valence-corrected chi connectivity index (χ4v) is 4.16. The molecular weight excluding hydrogens is 480 g/mol. The molecule has 4 rings (SSSR count). The molecule has 1 heterocycles. The Kier molecular flexibility index (Phi) is 6.76. The molecule has 0 aromatic heterocycles. The number of nitro groups is 1. The van der Waals surface area contributed by atoms with Gasteiger partial charge in [0.05, 0.1) is 21.9 Å². The number of rotatable bonds is 6. The molecule has 170 valence electrons. The van der Waals surface area contributed by atoms with E-state index in [1.165, 1.54) is 36.4 Å². The van der Waals surface area contributed by atoms with E-state index in [1.807, 2.05) is 0 Å². The zero-order chi connectivity index (χ0) is 24.2. The van der Waals surface area contributed by atoms with E-state index in [9.17, 15) is 24.5 Å². The van der Waals surface area contributed by atoms with Gasteiger partial charge in [0, 0.05) is 22.2 Å². The van der Waals surface area contributed by atoms with Gasteiger partial charge in [0.2, 0.25) is 0 Å². The van der Waals surface area contributed by atoms with Crippen LogP contribution in [0.2, 0.25) is 5.02 Å². The van der Waals surface area contributed by atoms with Crippen molar-refractivity contribution in [2.45, 2.75) is 6.54 Å². The largest absolute Gasteiger partial charge is 0.422 e. The minimum Gasteiger partial charge on any atom is -0.422 e. The van der Waals surface area contributed by atoms with Crippen LogP contribution in [0.15, 0.2) is 77.7 Å². The van der Waals surface area contributed by atoms with Crippen LogP contribution in [0.25, 0.3) is 6.08 Å². The summed E-state index contributed by atoms with van der Waals surface area (Å²) in [5.74, 6) is -0.998. The molecule has 0 N–H and O–H groups in total. The number of thioether (sulfide) groups is 1. The molecule has 3 aromatic rings. The van der Waals surface area contributed by atoms with E-state index in [2.05, 4.69) is 0 Å². The predicted octanol–water partition coefficient (Wildman–Crippen LogP) is 5.70. The summed E-state index contributed by atoms with van der Waals surface area (Å²) in [5.41, 5.74) is 0.781. The lowest BCUT2D eigenvalue weighted by atomic mass is 10.1. The van der Waals surface area contributed by atoms with Crippen LogP contribution in [0.5, 0.6) is 5.75 Å². The van der Waals surface area contributed by atoms with Crippen molar-refractivity contribution in [1.82, 2.24) is 4.90 Å². The highest BCUT2D eigenvalue weighted by Crippen LogP contribution is 2.36. The van der Waals surface area contributed by atoms with Crippen molar-refractivity contribution in [2.75, 3.05) is 0 Å². The van der Waals surface area contributed by atoms with Gasteiger partial charge < -0.3 is 4.74 Å². The third-order valence-electron chi connectivity index (χ3n) is 4.88. The monoisotopic (exact) mass is 494 g/mol. The molecule has 0 unspecified atom stereocenters. The maximum atomic E-state index is 12.9. The average Bonchev–Trinajstić information content (AvgIpc) is 3.08. The van der Waals surface area contributed by atoms with E-state index in [0.717, 1.165) is 4.90 Å². The van der Waals surface area contributed by atoms with Gasteiger partial charge in [-0.1, -0.05) is 48.0 Å². The minimum atomic E-state index is -0.609. The SMILES string of the molecule is O=C(Oc1ccccc1/C=C1\SC(=O)N(Cc2ccccc2[N+](=O)[O-])C1=O)c1ccc(Cl)cc1. The van der Waals surface area contributed by atoms with Crippen LogP contribution >= 0.6 is 23.4 Å². The van der Waals surface area contributed by atoms with Gasteiger partial charge in [0.1, 0.15) is 5.75 Å². The Labute approximate surface area is 202 Å². The molecule has 1 aliphatic rings. The number of amides is 2. The van der Waals surface area contributed by atoms with Crippen LogP contribution in [-0.4, -0.2) is 26.9 Å². The molecule has 1 aliphatic heterocycles. The zero-order valence-corrected chi connectivity index (χ0v) is 18.9. The number of ether oxygens (including phenoxy) is 1. The topological polar surface area (TPSA) is 107 Å². The molecule has 0 aliphatic carbocycles. The predicted molar refractivity (Wildman–Crippen MR) is 127 cm³/mol. The lowest BCUT2D eigenvalue weighted by Gasteiger charge is -2.12. The summed E-state index contributed by atoms with van der Waals surface area (Å²) in [7, 11) is 0. The number of benzene rings is 3. The Morgan fingerprint density at radius 3 is 2.44 bits per heavy atom. The summed E-state index contributed by atoms with van der Waals surface area (Å²) in [4.78, 5) is 49.7. The van der Waals surface area contributed by atoms with Gasteiger partial charge in [0.25, 0.3) is 16.8 Å². The van der Waals surface area contributed by atoms with Gasteiger partial charge in [0.15, 0.2) is 0 Å². The van der Waals surface area contributed by atoms with Crippen LogP contribution < -0.4 is 4.74 Å². The van der Waals surface area contributed by atoms with Gasteiger partial charge in [-0.3, -0.25) is 24.6 Å². The van der Waals surface area contributed by atoms with Crippen molar-refractivity contribution in [3.63, 3.8) is 0 Å². The minimum absolute atomic E-state index is 0.110. The van der Waals surface area contributed by atoms with Crippen LogP contribution in [0, 0.1) is 10.1 Å². The van der Waals surface area contributed by atoms with E-state index in [0.29, 0.717) is 27.9 Å². The van der Waals surface area contributed by atoms with E-state index in [4.69, 9.17) is 16.3 Å². The first-order valence-electron chi connectivity index (χ1n) is 9.88. The number of esters is 1. The maximum Gasteiger partial charge on any atom is 0.343 e. The zero-order valence-electron chi connectivity index (χ0n) is 17.3. The van der Waals surface area contributed by atoms with E-state index >= 15 is 0 Å². The molecule has 1 fully saturated rings. The van der Waals surface area contributed by atoms with Gasteiger partial charge in [-0.25, -0.2) is 4.79 Å². The quantitative estimate of drug-likeness (QED) is 0.142. The summed E-state index contributed by atoms with van der Waals surface area (Å²) < 4.78 is 5.49. The summed E-state index contributed by atoms with van der Waals surface area (Å²) in [6, 6.07) is 18.7. The number of nitrogens with zero attached hydrogens (tertiary/aromatic N) is 2. The number of imide groups is 1. The van der Waals surface area contributed by atoms with Gasteiger partial charge in [-0.15, -0.1) is 0 Å². The van der Waals surface area contributed by atoms with E-state index < -0.39 is 22.0 Å². The first kappa shape index (κ1) is 23.2. The molecule has 2 amide bonds. The smallest absolute Gasteiger partial charge is 0.343 e. The molecule has 10 heteroatoms. The number of hydrogen-bond acceptors (Lipinski definition) is 7. The second-order valence-corrected chi connectivity index (χ2v) is 8.52. The lowest BCUT2D eigenvalue weighted by molar-refractivity contribution is -0.385. The first-order chi connectivity index (χ1) is 16.3. The average molecular weight is 495 g/mol. The van der Waals surface area contributed by atoms with Crippen LogP contribution in [-0.2, 0) is 11.3 Å². The maximum absolute atomic E-state index is 12.9. The van der Waals surface area contributed by atoms with Crippen LogP contribution in [0.1, 0.15) is 21.5 Å². The normalized spacial score (nSPS) is 14.5. The first-order valence-corrected chi connectivity index (χ1v) is 11.1. The Hall–Kier alpha value is -3.95. The molecule has 8 nitrogen and oxygen atoms in total. The Bertz CT molecular complexity index is 1340. The van der Waals surface area contributed by atoms with Crippen molar-refractivity contribution in [2.24, 2.45) is 0 Å². The molecule has 0 radical (unpaired) electrons. The van der Waals surface area contributed by atoms with Crippen LogP contribution in [0.3, 0.4) is 0 Å².